The lowest BCUT2D eigenvalue weighted by Crippen LogP contribution is -2.23. The fourth-order valence-corrected chi connectivity index (χ4v) is 1.71. The molecule has 1 aromatic heterocycles. The molecule has 0 aromatic carbocycles. The number of rotatable bonds is 6. The molecule has 0 unspecified atom stereocenters. The van der Waals surface area contributed by atoms with E-state index >= 15 is 0 Å². The van der Waals surface area contributed by atoms with Gasteiger partial charge in [-0.25, -0.2) is 4.79 Å². The second kappa shape index (κ2) is 7.38. The molecule has 1 amide bonds. The first kappa shape index (κ1) is 14.1. The SMILES string of the molecule is CCCCNC(=O)O/N=C\c1csc([N+](=O)[O-])c1. The van der Waals surface area contributed by atoms with E-state index in [1.54, 1.807) is 5.38 Å². The Labute approximate surface area is 108 Å². The number of hydrogen-bond acceptors (Lipinski definition) is 6. The van der Waals surface area contributed by atoms with E-state index in [1.807, 2.05) is 6.92 Å². The first-order valence-electron chi connectivity index (χ1n) is 5.34. The zero-order valence-corrected chi connectivity index (χ0v) is 10.6. The predicted molar refractivity (Wildman–Crippen MR) is 68.0 cm³/mol. The Morgan fingerprint density at radius 1 is 1.72 bits per heavy atom. The molecular weight excluding hydrogens is 258 g/mol. The van der Waals surface area contributed by atoms with Crippen LogP contribution in [0.25, 0.3) is 0 Å². The first-order valence-corrected chi connectivity index (χ1v) is 6.22. The fourth-order valence-electron chi connectivity index (χ4n) is 1.04. The average molecular weight is 271 g/mol. The maximum atomic E-state index is 11.1. The summed E-state index contributed by atoms with van der Waals surface area (Å²) in [6.45, 7) is 2.55. The third kappa shape index (κ3) is 4.91. The molecule has 1 rings (SSSR count). The van der Waals surface area contributed by atoms with Gasteiger partial charge in [0, 0.05) is 23.6 Å². The molecule has 0 radical (unpaired) electrons. The lowest BCUT2D eigenvalue weighted by atomic mass is 10.3. The minimum absolute atomic E-state index is 0.0175. The Kier molecular flexibility index (Phi) is 5.78. The molecule has 0 aliphatic carbocycles. The van der Waals surface area contributed by atoms with E-state index in [0.29, 0.717) is 12.1 Å². The van der Waals surface area contributed by atoms with Crippen LogP contribution in [0.3, 0.4) is 0 Å². The van der Waals surface area contributed by atoms with Gasteiger partial charge in [0.2, 0.25) is 0 Å². The number of nitro groups is 1. The predicted octanol–water partition coefficient (Wildman–Crippen LogP) is 2.52. The molecule has 98 valence electrons. The summed E-state index contributed by atoms with van der Waals surface area (Å²) in [7, 11) is 0. The molecule has 8 heteroatoms. The van der Waals surface area contributed by atoms with Gasteiger partial charge in [-0.2, -0.15) is 0 Å². The Morgan fingerprint density at radius 3 is 3.11 bits per heavy atom. The standard InChI is InChI=1S/C10H13N3O4S/c1-2-3-4-11-10(14)17-12-6-8-5-9(13(15)16)18-7-8/h5-7H,2-4H2,1H3,(H,11,14)/b12-6-. The minimum atomic E-state index is -0.635. The quantitative estimate of drug-likeness (QED) is 0.283. The van der Waals surface area contributed by atoms with Crippen LogP contribution in [0.1, 0.15) is 25.3 Å². The van der Waals surface area contributed by atoms with E-state index in [0.717, 1.165) is 24.2 Å². The second-order valence-corrected chi connectivity index (χ2v) is 4.26. The number of carbonyl (C=O) groups excluding carboxylic acids is 1. The molecule has 18 heavy (non-hydrogen) atoms. The summed E-state index contributed by atoms with van der Waals surface area (Å²) in [6, 6.07) is 1.35. The van der Waals surface area contributed by atoms with Crippen LogP contribution in [0.5, 0.6) is 0 Å². The van der Waals surface area contributed by atoms with Crippen molar-refractivity contribution in [1.82, 2.24) is 5.32 Å². The minimum Gasteiger partial charge on any atom is -0.320 e. The highest BCUT2D eigenvalue weighted by atomic mass is 32.1. The Hall–Kier alpha value is -1.96. The van der Waals surface area contributed by atoms with E-state index in [9.17, 15) is 14.9 Å². The lowest BCUT2D eigenvalue weighted by Gasteiger charge is -1.99. The van der Waals surface area contributed by atoms with Crippen LogP contribution in [0.2, 0.25) is 0 Å². The third-order valence-corrected chi connectivity index (χ3v) is 2.82. The summed E-state index contributed by atoms with van der Waals surface area (Å²) in [5.41, 5.74) is 0.521. The molecule has 7 nitrogen and oxygen atoms in total. The van der Waals surface area contributed by atoms with Crippen molar-refractivity contribution in [2.45, 2.75) is 19.8 Å². The number of hydrogen-bond donors (Lipinski definition) is 1. The maximum absolute atomic E-state index is 11.1. The van der Waals surface area contributed by atoms with Crippen molar-refractivity contribution < 1.29 is 14.6 Å². The number of nitrogens with one attached hydrogen (secondary N) is 1. The van der Waals surface area contributed by atoms with Crippen LogP contribution in [0.15, 0.2) is 16.6 Å². The molecule has 0 aliphatic heterocycles. The van der Waals surface area contributed by atoms with Crippen LogP contribution >= 0.6 is 11.3 Å². The Morgan fingerprint density at radius 2 is 2.50 bits per heavy atom. The Balaban J connectivity index is 2.35. The van der Waals surface area contributed by atoms with Crippen molar-refractivity contribution in [1.29, 1.82) is 0 Å². The lowest BCUT2D eigenvalue weighted by molar-refractivity contribution is -0.380. The third-order valence-electron chi connectivity index (χ3n) is 1.92. The van der Waals surface area contributed by atoms with Gasteiger partial charge >= 0.3 is 11.1 Å². The fraction of sp³-hybridized carbons (Fsp3) is 0.400. The van der Waals surface area contributed by atoms with Crippen molar-refractivity contribution in [3.8, 4) is 0 Å². The highest BCUT2D eigenvalue weighted by Crippen LogP contribution is 2.21. The molecule has 0 atom stereocenters. The van der Waals surface area contributed by atoms with Crippen LogP contribution in [-0.4, -0.2) is 23.8 Å². The summed E-state index contributed by atoms with van der Waals surface area (Å²) in [5.74, 6) is 0. The summed E-state index contributed by atoms with van der Waals surface area (Å²) in [4.78, 5) is 25.5. The van der Waals surface area contributed by atoms with Crippen LogP contribution < -0.4 is 5.32 Å². The molecule has 0 fully saturated rings. The summed E-state index contributed by atoms with van der Waals surface area (Å²) >= 11 is 0.987. The highest BCUT2D eigenvalue weighted by molar-refractivity contribution is 7.13. The van der Waals surface area contributed by atoms with Gasteiger partial charge in [0.05, 0.1) is 11.1 Å². The van der Waals surface area contributed by atoms with Crippen molar-refractivity contribution >= 4 is 28.6 Å². The second-order valence-electron chi connectivity index (χ2n) is 3.37. The number of carbonyl (C=O) groups is 1. The van der Waals surface area contributed by atoms with Crippen LogP contribution in [-0.2, 0) is 4.84 Å². The van der Waals surface area contributed by atoms with E-state index in [2.05, 4.69) is 15.3 Å². The number of oxime groups is 1. The zero-order valence-electron chi connectivity index (χ0n) is 9.79. The molecule has 1 heterocycles. The van der Waals surface area contributed by atoms with Crippen molar-refractivity contribution in [2.24, 2.45) is 5.16 Å². The first-order chi connectivity index (χ1) is 8.63. The number of thiophene rings is 1. The van der Waals surface area contributed by atoms with E-state index in [1.165, 1.54) is 12.3 Å². The number of amides is 1. The van der Waals surface area contributed by atoms with Gasteiger partial charge in [0.1, 0.15) is 0 Å². The maximum Gasteiger partial charge on any atom is 0.433 e. The normalized spacial score (nSPS) is 10.5. The van der Waals surface area contributed by atoms with Gasteiger partial charge in [-0.1, -0.05) is 29.8 Å². The van der Waals surface area contributed by atoms with E-state index < -0.39 is 11.0 Å². The zero-order chi connectivity index (χ0) is 13.4. The topological polar surface area (TPSA) is 93.8 Å². The van der Waals surface area contributed by atoms with Gasteiger partial charge in [-0.3, -0.25) is 15.0 Å². The van der Waals surface area contributed by atoms with Crippen LogP contribution in [0.4, 0.5) is 9.80 Å². The molecule has 0 saturated carbocycles. The average Bonchev–Trinajstić information content (AvgIpc) is 2.78. The van der Waals surface area contributed by atoms with Crippen molar-refractivity contribution in [3.05, 3.63) is 27.1 Å². The summed E-state index contributed by atoms with van der Waals surface area (Å²) in [6.07, 6.45) is 2.46. The van der Waals surface area contributed by atoms with E-state index in [4.69, 9.17) is 0 Å². The van der Waals surface area contributed by atoms with Crippen LogP contribution in [0, 0.1) is 10.1 Å². The largest absolute Gasteiger partial charge is 0.433 e. The van der Waals surface area contributed by atoms with Crippen molar-refractivity contribution in [2.75, 3.05) is 6.54 Å². The monoisotopic (exact) mass is 271 g/mol. The molecule has 0 saturated heterocycles. The molecule has 0 spiro atoms. The summed E-state index contributed by atoms with van der Waals surface area (Å²) in [5, 5.41) is 17.9. The summed E-state index contributed by atoms with van der Waals surface area (Å²) < 4.78 is 0. The molecule has 0 aliphatic rings. The molecule has 1 N–H and O–H groups in total. The van der Waals surface area contributed by atoms with Gasteiger partial charge in [-0.05, 0) is 6.42 Å². The van der Waals surface area contributed by atoms with E-state index in [-0.39, 0.29) is 5.00 Å². The smallest absolute Gasteiger partial charge is 0.320 e. The van der Waals surface area contributed by atoms with Gasteiger partial charge < -0.3 is 5.32 Å². The molecule has 0 bridgehead atoms. The number of unbranched alkanes of at least 4 members (excludes halogenated alkanes) is 1. The van der Waals surface area contributed by atoms with Gasteiger partial charge in [-0.15, -0.1) is 0 Å². The van der Waals surface area contributed by atoms with Gasteiger partial charge in [0.15, 0.2) is 0 Å². The highest BCUT2D eigenvalue weighted by Gasteiger charge is 2.08. The molecular formula is C10H13N3O4S. The van der Waals surface area contributed by atoms with Gasteiger partial charge in [0.25, 0.3) is 0 Å². The number of nitrogens with zero attached hydrogens (tertiary/aromatic N) is 2. The van der Waals surface area contributed by atoms with Crippen molar-refractivity contribution in [3.63, 3.8) is 0 Å². The molecule has 1 aromatic rings. The Bertz CT molecular complexity index is 444.